The number of nitrogens with zero attached hydrogens (tertiary/aromatic N) is 2. The first-order valence-corrected chi connectivity index (χ1v) is 12.9. The number of aryl methyl sites for hydroxylation is 1. The van der Waals surface area contributed by atoms with Crippen LogP contribution in [0.5, 0.6) is 11.5 Å². The minimum atomic E-state index is -0.911. The summed E-state index contributed by atoms with van der Waals surface area (Å²) in [5, 5.41) is 11.4. The number of benzene rings is 3. The fraction of sp³-hybridized carbons (Fsp3) is 0.258. The van der Waals surface area contributed by atoms with Crippen molar-refractivity contribution in [3.63, 3.8) is 0 Å². The van der Waals surface area contributed by atoms with Crippen molar-refractivity contribution in [3.8, 4) is 11.5 Å². The van der Waals surface area contributed by atoms with Crippen LogP contribution in [-0.4, -0.2) is 39.0 Å². The molecule has 200 valence electrons. The number of rotatable bonds is 7. The molecule has 2 N–H and O–H groups in total. The number of aromatic nitrogens is 2. The number of anilines is 1. The van der Waals surface area contributed by atoms with Crippen LogP contribution in [0.2, 0.25) is 0 Å². The maximum Gasteiger partial charge on any atom is 0.302 e. The summed E-state index contributed by atoms with van der Waals surface area (Å²) in [6, 6.07) is 18.7. The third-order valence-corrected chi connectivity index (χ3v) is 6.36. The zero-order chi connectivity index (χ0) is 27.8. The lowest BCUT2D eigenvalue weighted by Crippen LogP contribution is -2.30. The Labute approximate surface area is 226 Å². The second-order valence-corrected chi connectivity index (χ2v) is 10.2. The Morgan fingerprint density at radius 3 is 2.08 bits per heavy atom. The van der Waals surface area contributed by atoms with Crippen molar-refractivity contribution in [1.82, 2.24) is 9.97 Å². The van der Waals surface area contributed by atoms with Crippen molar-refractivity contribution < 1.29 is 24.2 Å². The van der Waals surface area contributed by atoms with E-state index < -0.39 is 17.7 Å². The second kappa shape index (κ2) is 10.3. The number of Topliss-reactive ketones (excluding diaryl/α,β-unsaturated/α-hetero) is 1. The van der Waals surface area contributed by atoms with Crippen molar-refractivity contribution >= 4 is 34.4 Å². The van der Waals surface area contributed by atoms with E-state index in [1.165, 1.54) is 4.90 Å². The van der Waals surface area contributed by atoms with Gasteiger partial charge in [0.05, 0.1) is 34.9 Å². The predicted molar refractivity (Wildman–Crippen MR) is 150 cm³/mol. The van der Waals surface area contributed by atoms with E-state index in [9.17, 15) is 14.7 Å². The van der Waals surface area contributed by atoms with Gasteiger partial charge in [-0.25, -0.2) is 4.98 Å². The van der Waals surface area contributed by atoms with Crippen LogP contribution < -0.4 is 14.4 Å². The van der Waals surface area contributed by atoms with E-state index in [1.54, 1.807) is 48.5 Å². The SMILES string of the molecule is Cc1ccc2nc(N3C(=O)C(=O)/C(=C(/O)c4ccc(OC(C)C)cc4)C3c3ccc(OC(C)C)cc3)[nH]c2c1. The molecule has 4 aromatic rings. The van der Waals surface area contributed by atoms with E-state index in [2.05, 4.69) is 9.97 Å². The number of aliphatic hydroxyl groups excluding tert-OH is 1. The Morgan fingerprint density at radius 1 is 0.897 bits per heavy atom. The summed E-state index contributed by atoms with van der Waals surface area (Å²) in [6.45, 7) is 9.68. The van der Waals surface area contributed by atoms with E-state index in [4.69, 9.17) is 9.47 Å². The number of aromatic amines is 1. The lowest BCUT2D eigenvalue weighted by molar-refractivity contribution is -0.132. The minimum Gasteiger partial charge on any atom is -0.507 e. The number of H-pyrrole nitrogens is 1. The molecular weight excluding hydrogens is 494 g/mol. The normalized spacial score (nSPS) is 17.0. The highest BCUT2D eigenvalue weighted by Gasteiger charge is 2.48. The fourth-order valence-corrected chi connectivity index (χ4v) is 4.71. The molecule has 1 saturated heterocycles. The van der Waals surface area contributed by atoms with Gasteiger partial charge < -0.3 is 19.6 Å². The molecule has 1 amide bonds. The van der Waals surface area contributed by atoms with Crippen LogP contribution >= 0.6 is 0 Å². The molecule has 1 fully saturated rings. The number of nitrogens with one attached hydrogen (secondary N) is 1. The topological polar surface area (TPSA) is 105 Å². The molecule has 1 unspecified atom stereocenters. The molecule has 1 aliphatic rings. The molecule has 1 aliphatic heterocycles. The second-order valence-electron chi connectivity index (χ2n) is 10.2. The summed E-state index contributed by atoms with van der Waals surface area (Å²) in [5.41, 5.74) is 3.44. The summed E-state index contributed by atoms with van der Waals surface area (Å²) < 4.78 is 11.5. The molecule has 0 spiro atoms. The maximum absolute atomic E-state index is 13.5. The number of amides is 1. The van der Waals surface area contributed by atoms with Gasteiger partial charge in [-0.1, -0.05) is 18.2 Å². The molecule has 8 heteroatoms. The summed E-state index contributed by atoms with van der Waals surface area (Å²) >= 11 is 0. The van der Waals surface area contributed by atoms with E-state index in [1.807, 2.05) is 52.8 Å². The molecule has 0 aliphatic carbocycles. The number of hydrogen-bond acceptors (Lipinski definition) is 6. The number of imidazole rings is 1. The summed E-state index contributed by atoms with van der Waals surface area (Å²) in [7, 11) is 0. The van der Waals surface area contributed by atoms with Gasteiger partial charge in [-0.3, -0.25) is 14.5 Å². The number of ether oxygens (including phenoxy) is 2. The number of hydrogen-bond donors (Lipinski definition) is 2. The van der Waals surface area contributed by atoms with Gasteiger partial charge in [0, 0.05) is 5.56 Å². The van der Waals surface area contributed by atoms with E-state index in [0.29, 0.717) is 28.1 Å². The summed E-state index contributed by atoms with van der Waals surface area (Å²) in [4.78, 5) is 36.1. The van der Waals surface area contributed by atoms with E-state index >= 15 is 0 Å². The number of ketones is 1. The first-order valence-electron chi connectivity index (χ1n) is 12.9. The van der Waals surface area contributed by atoms with E-state index in [0.717, 1.165) is 11.1 Å². The highest BCUT2D eigenvalue weighted by molar-refractivity contribution is 6.51. The lowest BCUT2D eigenvalue weighted by Gasteiger charge is -2.23. The van der Waals surface area contributed by atoms with Gasteiger partial charge in [-0.2, -0.15) is 0 Å². The number of fused-ring (bicyclic) bond motifs is 1. The van der Waals surface area contributed by atoms with Crippen molar-refractivity contribution in [1.29, 1.82) is 0 Å². The molecule has 1 atom stereocenters. The molecular formula is C31H31N3O5. The average molecular weight is 526 g/mol. The quantitative estimate of drug-likeness (QED) is 0.172. The van der Waals surface area contributed by atoms with Gasteiger partial charge in [-0.15, -0.1) is 0 Å². The summed E-state index contributed by atoms with van der Waals surface area (Å²) in [6.07, 6.45) is -0.0202. The summed E-state index contributed by atoms with van der Waals surface area (Å²) in [5.74, 6) is -0.322. The van der Waals surface area contributed by atoms with Crippen LogP contribution in [0, 0.1) is 6.92 Å². The van der Waals surface area contributed by atoms with Gasteiger partial charge in [0.15, 0.2) is 0 Å². The van der Waals surface area contributed by atoms with Crippen molar-refractivity contribution in [2.75, 3.05) is 4.90 Å². The number of aliphatic hydroxyl groups is 1. The molecule has 8 nitrogen and oxygen atoms in total. The zero-order valence-corrected chi connectivity index (χ0v) is 22.6. The van der Waals surface area contributed by atoms with Crippen LogP contribution in [0.1, 0.15) is 50.4 Å². The number of carbonyl (C=O) groups excluding carboxylic acids is 2. The first kappa shape index (κ1) is 26.0. The highest BCUT2D eigenvalue weighted by atomic mass is 16.5. The molecule has 0 bridgehead atoms. The monoisotopic (exact) mass is 525 g/mol. The Bertz CT molecular complexity index is 1570. The van der Waals surface area contributed by atoms with Crippen molar-refractivity contribution in [2.24, 2.45) is 0 Å². The molecule has 0 radical (unpaired) electrons. The smallest absolute Gasteiger partial charge is 0.302 e. The third-order valence-electron chi connectivity index (χ3n) is 6.36. The van der Waals surface area contributed by atoms with Gasteiger partial charge in [0.2, 0.25) is 5.95 Å². The Morgan fingerprint density at radius 2 is 1.49 bits per heavy atom. The van der Waals surface area contributed by atoms with Crippen LogP contribution in [0.3, 0.4) is 0 Å². The molecule has 0 saturated carbocycles. The van der Waals surface area contributed by atoms with Gasteiger partial charge >= 0.3 is 5.91 Å². The zero-order valence-electron chi connectivity index (χ0n) is 22.6. The van der Waals surface area contributed by atoms with Crippen molar-refractivity contribution in [2.45, 2.75) is 52.9 Å². The lowest BCUT2D eigenvalue weighted by atomic mass is 9.95. The molecule has 2 heterocycles. The van der Waals surface area contributed by atoms with Crippen LogP contribution in [0.15, 0.2) is 72.3 Å². The Balaban J connectivity index is 1.64. The Kier molecular flexibility index (Phi) is 6.87. The molecule has 39 heavy (non-hydrogen) atoms. The molecule has 1 aromatic heterocycles. The van der Waals surface area contributed by atoms with Crippen molar-refractivity contribution in [3.05, 3.63) is 89.0 Å². The van der Waals surface area contributed by atoms with Gasteiger partial charge in [-0.05, 0) is 94.3 Å². The number of carbonyl (C=O) groups is 2. The largest absolute Gasteiger partial charge is 0.507 e. The average Bonchev–Trinajstić information content (AvgIpc) is 3.41. The predicted octanol–water partition coefficient (Wildman–Crippen LogP) is 6.07. The maximum atomic E-state index is 13.5. The van der Waals surface area contributed by atoms with Crippen LogP contribution in [-0.2, 0) is 9.59 Å². The van der Waals surface area contributed by atoms with Gasteiger partial charge in [0.1, 0.15) is 17.3 Å². The molecule has 5 rings (SSSR count). The first-order chi connectivity index (χ1) is 18.6. The van der Waals surface area contributed by atoms with Gasteiger partial charge in [0.25, 0.3) is 5.78 Å². The fourth-order valence-electron chi connectivity index (χ4n) is 4.71. The van der Waals surface area contributed by atoms with Crippen LogP contribution in [0.4, 0.5) is 5.95 Å². The highest BCUT2D eigenvalue weighted by Crippen LogP contribution is 2.42. The minimum absolute atomic E-state index is 0.00925. The third kappa shape index (κ3) is 5.10. The molecule has 3 aromatic carbocycles. The Hall–Kier alpha value is -4.59. The van der Waals surface area contributed by atoms with E-state index in [-0.39, 0.29) is 29.5 Å². The van der Waals surface area contributed by atoms with Crippen LogP contribution in [0.25, 0.3) is 16.8 Å². The standard InChI is InChI=1S/C31H31N3O5/c1-17(2)38-22-11-7-20(8-12-22)27-26(28(35)21-9-13-23(14-10-21)39-18(3)4)29(36)30(37)34(27)31-32-24-15-6-19(5)16-25(24)33-31/h6-18,27,35H,1-5H3,(H,32,33)/b28-26+.